The molecule has 128 valence electrons. The molecular formula is C20H27N3O. The number of nitrogens with one attached hydrogen (secondary N) is 1. The lowest BCUT2D eigenvalue weighted by molar-refractivity contribution is -0.122. The van der Waals surface area contributed by atoms with Gasteiger partial charge in [0.25, 0.3) is 0 Å². The van der Waals surface area contributed by atoms with Crippen molar-refractivity contribution >= 4 is 5.91 Å². The third-order valence-electron chi connectivity index (χ3n) is 5.12. The molecule has 0 aliphatic heterocycles. The molecule has 0 spiro atoms. The minimum absolute atomic E-state index is 0.113. The molecular weight excluding hydrogens is 298 g/mol. The molecule has 0 saturated heterocycles. The summed E-state index contributed by atoms with van der Waals surface area (Å²) >= 11 is 0. The predicted octanol–water partition coefficient (Wildman–Crippen LogP) is 3.45. The van der Waals surface area contributed by atoms with Crippen LogP contribution in [0.1, 0.15) is 55.5 Å². The first-order valence-corrected chi connectivity index (χ1v) is 8.63. The number of carbonyl (C=O) groups excluding carboxylic acids is 1. The van der Waals surface area contributed by atoms with Crippen LogP contribution in [0, 0.1) is 12.8 Å². The Kier molecular flexibility index (Phi) is 4.24. The molecule has 1 aliphatic rings. The molecule has 3 rings (SSSR count). The number of rotatable bonds is 4. The van der Waals surface area contributed by atoms with E-state index in [4.69, 9.17) is 0 Å². The Morgan fingerprint density at radius 1 is 1.29 bits per heavy atom. The van der Waals surface area contributed by atoms with Gasteiger partial charge in [-0.1, -0.05) is 45.0 Å². The number of amides is 1. The molecule has 1 saturated carbocycles. The molecule has 2 unspecified atom stereocenters. The number of aromatic nitrogens is 2. The SMILES string of the molecule is Cc1c(CNC(=O)C2CC2c2ccc(C(C)(C)C)cc2)cnn1C. The smallest absolute Gasteiger partial charge is 0.224 e. The summed E-state index contributed by atoms with van der Waals surface area (Å²) in [5.74, 6) is 0.639. The summed E-state index contributed by atoms with van der Waals surface area (Å²) in [5, 5.41) is 7.27. The summed E-state index contributed by atoms with van der Waals surface area (Å²) in [5.41, 5.74) is 4.96. The average Bonchev–Trinajstić information content (AvgIpc) is 3.27. The normalized spacial score (nSPS) is 20.0. The monoisotopic (exact) mass is 325 g/mol. The molecule has 1 amide bonds. The maximum atomic E-state index is 12.4. The van der Waals surface area contributed by atoms with Crippen LogP contribution in [0.25, 0.3) is 0 Å². The van der Waals surface area contributed by atoms with Crippen LogP contribution in [0.3, 0.4) is 0 Å². The van der Waals surface area contributed by atoms with Crippen molar-refractivity contribution in [3.8, 4) is 0 Å². The zero-order valence-electron chi connectivity index (χ0n) is 15.3. The van der Waals surface area contributed by atoms with E-state index < -0.39 is 0 Å². The van der Waals surface area contributed by atoms with Crippen LogP contribution in [0.15, 0.2) is 30.5 Å². The first kappa shape index (κ1) is 16.7. The van der Waals surface area contributed by atoms with Crippen molar-refractivity contribution in [1.29, 1.82) is 0 Å². The van der Waals surface area contributed by atoms with E-state index in [2.05, 4.69) is 55.5 Å². The third-order valence-corrected chi connectivity index (χ3v) is 5.12. The highest BCUT2D eigenvalue weighted by atomic mass is 16.2. The second kappa shape index (κ2) is 6.08. The number of hydrogen-bond acceptors (Lipinski definition) is 2. The maximum absolute atomic E-state index is 12.4. The van der Waals surface area contributed by atoms with Crippen LogP contribution < -0.4 is 5.32 Å². The summed E-state index contributed by atoms with van der Waals surface area (Å²) in [4.78, 5) is 12.4. The Morgan fingerprint density at radius 3 is 2.50 bits per heavy atom. The highest BCUT2D eigenvalue weighted by molar-refractivity contribution is 5.82. The molecule has 24 heavy (non-hydrogen) atoms. The highest BCUT2D eigenvalue weighted by Gasteiger charge is 2.43. The van der Waals surface area contributed by atoms with Gasteiger partial charge >= 0.3 is 0 Å². The van der Waals surface area contributed by atoms with Crippen molar-refractivity contribution in [3.63, 3.8) is 0 Å². The van der Waals surface area contributed by atoms with E-state index in [0.717, 1.165) is 17.7 Å². The standard InChI is InChI=1S/C20H27N3O/c1-13-15(12-22-23(13)5)11-21-19(24)18-10-17(18)14-6-8-16(9-7-14)20(2,3)4/h6-9,12,17-18H,10-11H2,1-5H3,(H,21,24). The third kappa shape index (κ3) is 3.37. The Bertz CT molecular complexity index is 737. The quantitative estimate of drug-likeness (QED) is 0.936. The molecule has 2 aromatic rings. The average molecular weight is 325 g/mol. The molecule has 0 radical (unpaired) electrons. The Morgan fingerprint density at radius 2 is 1.96 bits per heavy atom. The number of hydrogen-bond donors (Lipinski definition) is 1. The van der Waals surface area contributed by atoms with E-state index in [1.165, 1.54) is 11.1 Å². The summed E-state index contributed by atoms with van der Waals surface area (Å²) < 4.78 is 1.83. The van der Waals surface area contributed by atoms with E-state index in [9.17, 15) is 4.79 Å². The van der Waals surface area contributed by atoms with E-state index in [0.29, 0.717) is 12.5 Å². The fraction of sp³-hybridized carbons (Fsp3) is 0.500. The predicted molar refractivity (Wildman–Crippen MR) is 95.8 cm³/mol. The van der Waals surface area contributed by atoms with Crippen molar-refractivity contribution in [2.75, 3.05) is 0 Å². The van der Waals surface area contributed by atoms with E-state index in [1.807, 2.05) is 24.9 Å². The van der Waals surface area contributed by atoms with Crippen LogP contribution in [-0.2, 0) is 23.8 Å². The molecule has 2 atom stereocenters. The molecule has 1 fully saturated rings. The van der Waals surface area contributed by atoms with Gasteiger partial charge in [-0.2, -0.15) is 5.10 Å². The minimum Gasteiger partial charge on any atom is -0.352 e. The Hall–Kier alpha value is -2.10. The van der Waals surface area contributed by atoms with E-state index >= 15 is 0 Å². The molecule has 0 bridgehead atoms. The van der Waals surface area contributed by atoms with Crippen LogP contribution >= 0.6 is 0 Å². The summed E-state index contributed by atoms with van der Waals surface area (Å²) in [6.45, 7) is 9.23. The summed E-state index contributed by atoms with van der Waals surface area (Å²) in [6.07, 6.45) is 2.78. The van der Waals surface area contributed by atoms with Crippen molar-refractivity contribution in [1.82, 2.24) is 15.1 Å². The van der Waals surface area contributed by atoms with Crippen molar-refractivity contribution in [2.24, 2.45) is 13.0 Å². The lowest BCUT2D eigenvalue weighted by Crippen LogP contribution is -2.25. The second-order valence-electron chi connectivity index (χ2n) is 7.92. The van der Waals surface area contributed by atoms with Gasteiger partial charge in [-0.15, -0.1) is 0 Å². The highest BCUT2D eigenvalue weighted by Crippen LogP contribution is 2.47. The number of aryl methyl sites for hydroxylation is 1. The lowest BCUT2D eigenvalue weighted by atomic mass is 9.86. The van der Waals surface area contributed by atoms with Gasteiger partial charge in [0, 0.05) is 30.8 Å². The lowest BCUT2D eigenvalue weighted by Gasteiger charge is -2.19. The van der Waals surface area contributed by atoms with E-state index in [-0.39, 0.29) is 17.2 Å². The molecule has 4 nitrogen and oxygen atoms in total. The molecule has 1 aromatic carbocycles. The van der Waals surface area contributed by atoms with Gasteiger partial charge in [0.15, 0.2) is 0 Å². The fourth-order valence-electron chi connectivity index (χ4n) is 3.11. The van der Waals surface area contributed by atoms with Gasteiger partial charge in [0.2, 0.25) is 5.91 Å². The van der Waals surface area contributed by atoms with Crippen LogP contribution in [0.5, 0.6) is 0 Å². The molecule has 1 aliphatic carbocycles. The Labute approximate surface area is 144 Å². The first-order chi connectivity index (χ1) is 11.3. The Balaban J connectivity index is 1.56. The largest absolute Gasteiger partial charge is 0.352 e. The zero-order chi connectivity index (χ0) is 17.5. The summed E-state index contributed by atoms with van der Waals surface area (Å²) in [7, 11) is 1.92. The van der Waals surface area contributed by atoms with Gasteiger partial charge in [-0.25, -0.2) is 0 Å². The molecule has 1 N–H and O–H groups in total. The molecule has 1 aromatic heterocycles. The van der Waals surface area contributed by atoms with Crippen LogP contribution in [0.2, 0.25) is 0 Å². The van der Waals surface area contributed by atoms with Crippen molar-refractivity contribution in [2.45, 2.75) is 52.0 Å². The number of carbonyl (C=O) groups is 1. The van der Waals surface area contributed by atoms with Crippen molar-refractivity contribution < 1.29 is 4.79 Å². The van der Waals surface area contributed by atoms with Gasteiger partial charge in [-0.3, -0.25) is 9.48 Å². The topological polar surface area (TPSA) is 46.9 Å². The molecule has 1 heterocycles. The zero-order valence-corrected chi connectivity index (χ0v) is 15.3. The van der Waals surface area contributed by atoms with E-state index in [1.54, 1.807) is 0 Å². The first-order valence-electron chi connectivity index (χ1n) is 8.63. The molecule has 4 heteroatoms. The number of benzene rings is 1. The van der Waals surface area contributed by atoms with Gasteiger partial charge in [0.05, 0.1) is 6.20 Å². The van der Waals surface area contributed by atoms with Crippen LogP contribution in [-0.4, -0.2) is 15.7 Å². The maximum Gasteiger partial charge on any atom is 0.224 e. The second-order valence-corrected chi connectivity index (χ2v) is 7.92. The van der Waals surface area contributed by atoms with Crippen molar-refractivity contribution in [3.05, 3.63) is 52.8 Å². The minimum atomic E-state index is 0.113. The van der Waals surface area contributed by atoms with Gasteiger partial charge < -0.3 is 5.32 Å². The fourth-order valence-corrected chi connectivity index (χ4v) is 3.11. The van der Waals surface area contributed by atoms with Gasteiger partial charge in [-0.05, 0) is 35.8 Å². The summed E-state index contributed by atoms with van der Waals surface area (Å²) in [6, 6.07) is 8.76. The number of nitrogens with zero attached hydrogens (tertiary/aromatic N) is 2. The van der Waals surface area contributed by atoms with Crippen LogP contribution in [0.4, 0.5) is 0 Å². The van der Waals surface area contributed by atoms with Gasteiger partial charge in [0.1, 0.15) is 0 Å².